The van der Waals surface area contributed by atoms with Crippen LogP contribution in [0, 0.1) is 11.3 Å². The van der Waals surface area contributed by atoms with E-state index in [1.165, 1.54) is 6.20 Å². The van der Waals surface area contributed by atoms with E-state index >= 15 is 0 Å². The lowest BCUT2D eigenvalue weighted by atomic mass is 10.2. The second kappa shape index (κ2) is 7.04. The van der Waals surface area contributed by atoms with Crippen molar-refractivity contribution in [2.45, 2.75) is 6.54 Å². The molecule has 5 nitrogen and oxygen atoms in total. The fraction of sp³-hybridized carbons (Fsp3) is 0.0833. The first kappa shape index (κ1) is 13.7. The average Bonchev–Trinajstić information content (AvgIpc) is 2.38. The number of nitriles is 1. The third kappa shape index (κ3) is 4.63. The number of nitrogens with one attached hydrogen (secondary N) is 2. The number of hydrogen-bond donors (Lipinski definition) is 3. The summed E-state index contributed by atoms with van der Waals surface area (Å²) in [6, 6.07) is 11.4. The minimum Gasteiger partial charge on any atom is -0.365 e. The minimum atomic E-state index is -0.796. The van der Waals surface area contributed by atoms with Gasteiger partial charge in [-0.05, 0) is 17.8 Å². The summed E-state index contributed by atoms with van der Waals surface area (Å²) >= 11 is 4.98. The van der Waals surface area contributed by atoms with Crippen LogP contribution in [0.15, 0.2) is 42.1 Å². The van der Waals surface area contributed by atoms with E-state index in [1.807, 2.05) is 30.3 Å². The predicted molar refractivity (Wildman–Crippen MR) is 71.9 cm³/mol. The fourth-order valence-electron chi connectivity index (χ4n) is 1.13. The zero-order chi connectivity index (χ0) is 13.4. The number of benzene rings is 1. The lowest BCUT2D eigenvalue weighted by molar-refractivity contribution is -0.114. The molecule has 0 aliphatic rings. The fourth-order valence-corrected chi connectivity index (χ4v) is 1.26. The number of carbonyl (C=O) groups is 1. The van der Waals surface area contributed by atoms with Gasteiger partial charge in [-0.25, -0.2) is 0 Å². The van der Waals surface area contributed by atoms with Crippen molar-refractivity contribution in [1.82, 2.24) is 10.6 Å². The van der Waals surface area contributed by atoms with Crippen LogP contribution < -0.4 is 16.4 Å². The van der Waals surface area contributed by atoms with Crippen LogP contribution in [0.5, 0.6) is 0 Å². The van der Waals surface area contributed by atoms with Gasteiger partial charge in [-0.2, -0.15) is 5.26 Å². The lowest BCUT2D eigenvalue weighted by Gasteiger charge is -2.07. The Bertz CT molecular complexity index is 505. The van der Waals surface area contributed by atoms with Crippen LogP contribution in [0.25, 0.3) is 0 Å². The molecule has 1 rings (SSSR count). The molecule has 1 aromatic rings. The second-order valence-corrected chi connectivity index (χ2v) is 3.75. The molecule has 0 aliphatic carbocycles. The molecule has 0 heterocycles. The predicted octanol–water partition coefficient (Wildman–Crippen LogP) is 0.543. The molecule has 0 saturated heterocycles. The van der Waals surface area contributed by atoms with Crippen molar-refractivity contribution in [2.24, 2.45) is 5.73 Å². The van der Waals surface area contributed by atoms with Gasteiger partial charge in [0.25, 0.3) is 5.91 Å². The summed E-state index contributed by atoms with van der Waals surface area (Å²) < 4.78 is 0. The van der Waals surface area contributed by atoms with Gasteiger partial charge in [-0.1, -0.05) is 30.3 Å². The van der Waals surface area contributed by atoms with Crippen molar-refractivity contribution >= 4 is 23.2 Å². The Labute approximate surface area is 110 Å². The van der Waals surface area contributed by atoms with Crippen molar-refractivity contribution in [1.29, 1.82) is 5.26 Å². The highest BCUT2D eigenvalue weighted by molar-refractivity contribution is 7.80. The second-order valence-electron chi connectivity index (χ2n) is 3.35. The molecule has 18 heavy (non-hydrogen) atoms. The Balaban J connectivity index is 2.44. The normalized spacial score (nSPS) is 10.3. The number of nitrogens with two attached hydrogens (primary N) is 1. The van der Waals surface area contributed by atoms with Gasteiger partial charge in [0.2, 0.25) is 0 Å². The van der Waals surface area contributed by atoms with Crippen molar-refractivity contribution in [3.05, 3.63) is 47.7 Å². The van der Waals surface area contributed by atoms with E-state index in [-0.39, 0.29) is 5.57 Å². The molecule has 0 bridgehead atoms. The number of nitrogens with zero attached hydrogens (tertiary/aromatic N) is 1. The highest BCUT2D eigenvalue weighted by atomic mass is 32.1. The van der Waals surface area contributed by atoms with E-state index in [9.17, 15) is 4.79 Å². The van der Waals surface area contributed by atoms with E-state index in [4.69, 9.17) is 23.2 Å². The number of rotatable bonds is 4. The van der Waals surface area contributed by atoms with Gasteiger partial charge in [-0.15, -0.1) is 0 Å². The molecule has 0 radical (unpaired) electrons. The molecule has 0 saturated carbocycles. The Morgan fingerprint density at radius 2 is 2.11 bits per heavy atom. The standard InChI is InChI=1S/C12H12N4OS/c13-6-10(11(14)17)8-16-12(18)15-7-9-4-2-1-3-5-9/h1-5,8H,7H2,(H2,14,17)(H2,15,16,18)/b10-8+. The van der Waals surface area contributed by atoms with Crippen LogP contribution in [0.3, 0.4) is 0 Å². The molecule has 4 N–H and O–H groups in total. The van der Waals surface area contributed by atoms with Crippen molar-refractivity contribution in [2.75, 3.05) is 0 Å². The summed E-state index contributed by atoms with van der Waals surface area (Å²) in [6.45, 7) is 0.555. The number of amides is 1. The molecule has 92 valence electrons. The Morgan fingerprint density at radius 3 is 2.67 bits per heavy atom. The third-order valence-corrected chi connectivity index (χ3v) is 2.29. The minimum absolute atomic E-state index is 0.182. The van der Waals surface area contributed by atoms with Gasteiger partial charge in [0.15, 0.2) is 5.11 Å². The molecule has 0 aromatic heterocycles. The van der Waals surface area contributed by atoms with Gasteiger partial charge >= 0.3 is 0 Å². The maximum absolute atomic E-state index is 10.8. The largest absolute Gasteiger partial charge is 0.365 e. The monoisotopic (exact) mass is 260 g/mol. The summed E-state index contributed by atoms with van der Waals surface area (Å²) in [6.07, 6.45) is 1.18. The molecule has 0 aliphatic heterocycles. The summed E-state index contributed by atoms with van der Waals surface area (Å²) in [5.74, 6) is -0.796. The first-order valence-corrected chi connectivity index (χ1v) is 5.52. The van der Waals surface area contributed by atoms with Crippen molar-refractivity contribution < 1.29 is 4.79 Å². The number of carbonyl (C=O) groups excluding carboxylic acids is 1. The van der Waals surface area contributed by atoms with E-state index in [0.717, 1.165) is 5.56 Å². The summed E-state index contributed by atoms with van der Waals surface area (Å²) in [5.41, 5.74) is 5.85. The molecular weight excluding hydrogens is 248 g/mol. The van der Waals surface area contributed by atoms with Crippen LogP contribution in [0.4, 0.5) is 0 Å². The molecule has 6 heteroatoms. The number of primary amides is 1. The molecule has 1 amide bonds. The van der Waals surface area contributed by atoms with E-state index in [1.54, 1.807) is 6.07 Å². The Hall–Kier alpha value is -2.39. The molecule has 0 fully saturated rings. The van der Waals surface area contributed by atoms with Gasteiger partial charge in [0, 0.05) is 12.7 Å². The van der Waals surface area contributed by atoms with Crippen LogP contribution >= 0.6 is 12.2 Å². The van der Waals surface area contributed by atoms with Crippen LogP contribution in [-0.4, -0.2) is 11.0 Å². The quantitative estimate of drug-likeness (QED) is 0.417. The Morgan fingerprint density at radius 1 is 1.44 bits per heavy atom. The maximum Gasteiger partial charge on any atom is 0.260 e. The zero-order valence-electron chi connectivity index (χ0n) is 9.51. The van der Waals surface area contributed by atoms with Crippen LogP contribution in [-0.2, 0) is 11.3 Å². The van der Waals surface area contributed by atoms with Crippen molar-refractivity contribution in [3.63, 3.8) is 0 Å². The molecular formula is C12H12N4OS. The summed E-state index contributed by atoms with van der Waals surface area (Å²) in [7, 11) is 0. The molecule has 1 aromatic carbocycles. The third-order valence-electron chi connectivity index (χ3n) is 2.03. The molecule has 0 atom stereocenters. The zero-order valence-corrected chi connectivity index (χ0v) is 10.3. The average molecular weight is 260 g/mol. The number of hydrogen-bond acceptors (Lipinski definition) is 3. The first-order valence-electron chi connectivity index (χ1n) is 5.12. The maximum atomic E-state index is 10.8. The SMILES string of the molecule is N#C/C(=C\NC(=S)NCc1ccccc1)C(N)=O. The topological polar surface area (TPSA) is 90.9 Å². The van der Waals surface area contributed by atoms with Gasteiger partial charge < -0.3 is 16.4 Å². The molecule has 0 spiro atoms. The van der Waals surface area contributed by atoms with E-state index < -0.39 is 5.91 Å². The van der Waals surface area contributed by atoms with Crippen LogP contribution in [0.2, 0.25) is 0 Å². The molecule has 0 unspecified atom stereocenters. The summed E-state index contributed by atoms with van der Waals surface area (Å²) in [5, 5.41) is 14.5. The highest BCUT2D eigenvalue weighted by Crippen LogP contribution is 1.96. The van der Waals surface area contributed by atoms with Gasteiger partial charge in [0.05, 0.1) is 0 Å². The van der Waals surface area contributed by atoms with E-state index in [2.05, 4.69) is 10.6 Å². The van der Waals surface area contributed by atoms with Gasteiger partial charge in [-0.3, -0.25) is 4.79 Å². The highest BCUT2D eigenvalue weighted by Gasteiger charge is 2.02. The first-order chi connectivity index (χ1) is 8.63. The van der Waals surface area contributed by atoms with Crippen LogP contribution in [0.1, 0.15) is 5.56 Å². The lowest BCUT2D eigenvalue weighted by Crippen LogP contribution is -2.32. The van der Waals surface area contributed by atoms with Crippen molar-refractivity contribution in [3.8, 4) is 6.07 Å². The van der Waals surface area contributed by atoms with E-state index in [0.29, 0.717) is 11.7 Å². The van der Waals surface area contributed by atoms with Gasteiger partial charge in [0.1, 0.15) is 11.6 Å². The smallest absolute Gasteiger partial charge is 0.260 e. The Kier molecular flexibility index (Phi) is 5.35. The summed E-state index contributed by atoms with van der Waals surface area (Å²) in [4.78, 5) is 10.8. The number of thiocarbonyl (C=S) groups is 1.